The normalized spacial score (nSPS) is 18.6. The Balaban J connectivity index is 2.11. The van der Waals surface area contributed by atoms with E-state index in [0.717, 1.165) is 12.8 Å². The molecule has 0 saturated heterocycles. The molecule has 0 bridgehead atoms. The minimum Gasteiger partial charge on any atom is -0.295 e. The lowest BCUT2D eigenvalue weighted by molar-refractivity contribution is -0.117. The smallest absolute Gasteiger partial charge is 0.156 e. The van der Waals surface area contributed by atoms with Crippen molar-refractivity contribution in [2.75, 3.05) is 0 Å². The van der Waals surface area contributed by atoms with Gasteiger partial charge in [-0.15, -0.1) is 0 Å². The summed E-state index contributed by atoms with van der Waals surface area (Å²) in [4.78, 5) is 11.7. The number of allylic oxidation sites excluding steroid dienone is 2. The van der Waals surface area contributed by atoms with Gasteiger partial charge in [-0.05, 0) is 41.4 Å². The van der Waals surface area contributed by atoms with Crippen LogP contribution in [0.5, 0.6) is 0 Å². The Kier molecular flexibility index (Phi) is 3.93. The number of carbonyl (C=O) groups is 1. The SMILES string of the molecule is CC(C)c1ccc(CC2=CC(=O)CC(C)(C)C2)cc1. The summed E-state index contributed by atoms with van der Waals surface area (Å²) in [5, 5.41) is 0. The van der Waals surface area contributed by atoms with Crippen LogP contribution in [-0.2, 0) is 11.2 Å². The zero-order valence-electron chi connectivity index (χ0n) is 12.5. The van der Waals surface area contributed by atoms with E-state index in [2.05, 4.69) is 52.0 Å². The van der Waals surface area contributed by atoms with E-state index in [1.54, 1.807) is 0 Å². The van der Waals surface area contributed by atoms with E-state index in [1.165, 1.54) is 16.7 Å². The van der Waals surface area contributed by atoms with Gasteiger partial charge in [-0.25, -0.2) is 0 Å². The van der Waals surface area contributed by atoms with Gasteiger partial charge in [0.1, 0.15) is 0 Å². The Bertz CT molecular complexity index is 489. The Morgan fingerprint density at radius 1 is 1.11 bits per heavy atom. The largest absolute Gasteiger partial charge is 0.295 e. The van der Waals surface area contributed by atoms with Crippen LogP contribution in [-0.4, -0.2) is 5.78 Å². The maximum absolute atomic E-state index is 11.7. The van der Waals surface area contributed by atoms with Crippen molar-refractivity contribution in [2.45, 2.75) is 52.9 Å². The van der Waals surface area contributed by atoms with Crippen LogP contribution < -0.4 is 0 Å². The summed E-state index contributed by atoms with van der Waals surface area (Å²) in [5.74, 6) is 0.855. The van der Waals surface area contributed by atoms with Gasteiger partial charge in [0.15, 0.2) is 5.78 Å². The Morgan fingerprint density at radius 2 is 1.74 bits per heavy atom. The van der Waals surface area contributed by atoms with Crippen LogP contribution in [0.4, 0.5) is 0 Å². The summed E-state index contributed by atoms with van der Waals surface area (Å²) in [6.45, 7) is 8.78. The van der Waals surface area contributed by atoms with Crippen molar-refractivity contribution < 1.29 is 4.79 Å². The minimum absolute atomic E-state index is 0.124. The standard InChI is InChI=1S/C18H24O/c1-13(2)16-7-5-14(6-8-16)9-15-10-17(19)12-18(3,4)11-15/h5-8,10,13H,9,11-12H2,1-4H3. The summed E-state index contributed by atoms with van der Waals surface area (Å²) in [5.41, 5.74) is 4.08. The molecule has 0 aromatic heterocycles. The van der Waals surface area contributed by atoms with E-state index >= 15 is 0 Å². The molecule has 1 aliphatic carbocycles. The molecule has 0 fully saturated rings. The molecule has 19 heavy (non-hydrogen) atoms. The van der Waals surface area contributed by atoms with Crippen molar-refractivity contribution >= 4 is 5.78 Å². The molecule has 0 heterocycles. The van der Waals surface area contributed by atoms with Gasteiger partial charge < -0.3 is 0 Å². The lowest BCUT2D eigenvalue weighted by Gasteiger charge is -2.28. The lowest BCUT2D eigenvalue weighted by atomic mass is 9.75. The van der Waals surface area contributed by atoms with Crippen LogP contribution in [0.3, 0.4) is 0 Å². The van der Waals surface area contributed by atoms with Gasteiger partial charge in [0, 0.05) is 6.42 Å². The second-order valence-corrected chi connectivity index (χ2v) is 6.86. The molecule has 0 aliphatic heterocycles. The number of hydrogen-bond donors (Lipinski definition) is 0. The molecular formula is C18H24O. The third-order valence-electron chi connectivity index (χ3n) is 3.80. The predicted molar refractivity (Wildman–Crippen MR) is 80.3 cm³/mol. The first-order valence-corrected chi connectivity index (χ1v) is 7.17. The van der Waals surface area contributed by atoms with E-state index in [4.69, 9.17) is 0 Å². The van der Waals surface area contributed by atoms with Crippen molar-refractivity contribution in [3.05, 3.63) is 47.0 Å². The molecule has 1 nitrogen and oxygen atoms in total. The second kappa shape index (κ2) is 5.32. The predicted octanol–water partition coefficient (Wildman–Crippen LogP) is 4.67. The van der Waals surface area contributed by atoms with Gasteiger partial charge in [0.2, 0.25) is 0 Å². The third kappa shape index (κ3) is 3.79. The zero-order valence-corrected chi connectivity index (χ0v) is 12.5. The quantitative estimate of drug-likeness (QED) is 0.768. The van der Waals surface area contributed by atoms with E-state index in [1.807, 2.05) is 6.08 Å². The van der Waals surface area contributed by atoms with Crippen LogP contribution in [0, 0.1) is 5.41 Å². The molecule has 1 aromatic rings. The molecule has 0 unspecified atom stereocenters. The number of carbonyl (C=O) groups excluding carboxylic acids is 1. The first-order valence-electron chi connectivity index (χ1n) is 7.17. The number of benzene rings is 1. The summed E-state index contributed by atoms with van der Waals surface area (Å²) in [7, 11) is 0. The van der Waals surface area contributed by atoms with E-state index in [9.17, 15) is 4.79 Å². The fourth-order valence-electron chi connectivity index (χ4n) is 2.87. The fraction of sp³-hybridized carbons (Fsp3) is 0.500. The summed E-state index contributed by atoms with van der Waals surface area (Å²) >= 11 is 0. The highest BCUT2D eigenvalue weighted by molar-refractivity contribution is 5.91. The average Bonchev–Trinajstić information content (AvgIpc) is 2.26. The zero-order chi connectivity index (χ0) is 14.0. The van der Waals surface area contributed by atoms with Gasteiger partial charge in [0.25, 0.3) is 0 Å². The topological polar surface area (TPSA) is 17.1 Å². The van der Waals surface area contributed by atoms with E-state index < -0.39 is 0 Å². The molecule has 2 rings (SSSR count). The molecule has 0 spiro atoms. The fourth-order valence-corrected chi connectivity index (χ4v) is 2.87. The van der Waals surface area contributed by atoms with Crippen molar-refractivity contribution in [2.24, 2.45) is 5.41 Å². The van der Waals surface area contributed by atoms with E-state index in [0.29, 0.717) is 12.3 Å². The summed E-state index contributed by atoms with van der Waals surface area (Å²) < 4.78 is 0. The molecule has 0 saturated carbocycles. The van der Waals surface area contributed by atoms with Gasteiger partial charge in [-0.2, -0.15) is 0 Å². The summed E-state index contributed by atoms with van der Waals surface area (Å²) in [6, 6.07) is 8.80. The third-order valence-corrected chi connectivity index (χ3v) is 3.80. The summed E-state index contributed by atoms with van der Waals surface area (Å²) in [6.07, 6.45) is 4.49. The molecule has 1 aromatic carbocycles. The minimum atomic E-state index is 0.124. The van der Waals surface area contributed by atoms with Crippen molar-refractivity contribution in [3.8, 4) is 0 Å². The van der Waals surface area contributed by atoms with E-state index in [-0.39, 0.29) is 11.2 Å². The highest BCUT2D eigenvalue weighted by Gasteiger charge is 2.27. The molecule has 0 N–H and O–H groups in total. The van der Waals surface area contributed by atoms with Crippen LogP contribution in [0.1, 0.15) is 57.6 Å². The van der Waals surface area contributed by atoms with Crippen molar-refractivity contribution in [3.63, 3.8) is 0 Å². The molecular weight excluding hydrogens is 232 g/mol. The Hall–Kier alpha value is -1.37. The molecule has 102 valence electrons. The van der Waals surface area contributed by atoms with Crippen molar-refractivity contribution in [1.82, 2.24) is 0 Å². The first-order chi connectivity index (χ1) is 8.85. The van der Waals surface area contributed by atoms with Gasteiger partial charge in [0.05, 0.1) is 0 Å². The highest BCUT2D eigenvalue weighted by Crippen LogP contribution is 2.34. The Labute approximate surface area is 116 Å². The highest BCUT2D eigenvalue weighted by atomic mass is 16.1. The molecule has 0 atom stereocenters. The molecule has 1 heteroatoms. The van der Waals surface area contributed by atoms with Crippen LogP contribution >= 0.6 is 0 Å². The van der Waals surface area contributed by atoms with Crippen LogP contribution in [0.2, 0.25) is 0 Å². The van der Waals surface area contributed by atoms with Gasteiger partial charge >= 0.3 is 0 Å². The van der Waals surface area contributed by atoms with Crippen molar-refractivity contribution in [1.29, 1.82) is 0 Å². The van der Waals surface area contributed by atoms with Crippen LogP contribution in [0.15, 0.2) is 35.9 Å². The molecule has 0 amide bonds. The first kappa shape index (κ1) is 14.0. The maximum atomic E-state index is 11.7. The second-order valence-electron chi connectivity index (χ2n) is 6.86. The maximum Gasteiger partial charge on any atom is 0.156 e. The Morgan fingerprint density at radius 3 is 2.26 bits per heavy atom. The van der Waals surface area contributed by atoms with Crippen LogP contribution in [0.25, 0.3) is 0 Å². The number of ketones is 1. The molecule has 0 radical (unpaired) electrons. The van der Waals surface area contributed by atoms with Gasteiger partial charge in [-0.3, -0.25) is 4.79 Å². The monoisotopic (exact) mass is 256 g/mol. The number of rotatable bonds is 3. The van der Waals surface area contributed by atoms with Gasteiger partial charge in [-0.1, -0.05) is 57.5 Å². The average molecular weight is 256 g/mol. The molecule has 1 aliphatic rings. The number of hydrogen-bond acceptors (Lipinski definition) is 1. The lowest BCUT2D eigenvalue weighted by Crippen LogP contribution is -2.22.